The molecular formula is C19H15F4N7O2S. The summed E-state index contributed by atoms with van der Waals surface area (Å²) in [6, 6.07) is 2.20. The van der Waals surface area contributed by atoms with E-state index < -0.39 is 36.2 Å². The minimum absolute atomic E-state index is 0.0116. The van der Waals surface area contributed by atoms with Crippen molar-refractivity contribution in [3.8, 4) is 11.1 Å². The maximum atomic E-state index is 13.6. The van der Waals surface area contributed by atoms with Gasteiger partial charge in [-0.2, -0.15) is 23.7 Å². The average Bonchev–Trinajstić information content (AvgIpc) is 3.44. The third kappa shape index (κ3) is 3.92. The molecule has 0 spiro atoms. The number of nitrogens with two attached hydrogens (primary N) is 1. The number of halogens is 4. The molecule has 0 unspecified atom stereocenters. The molecule has 0 fully saturated rings. The second-order valence-corrected chi connectivity index (χ2v) is 7.94. The van der Waals surface area contributed by atoms with Crippen LogP contribution in [-0.4, -0.2) is 36.4 Å². The van der Waals surface area contributed by atoms with Gasteiger partial charge in [-0.3, -0.25) is 14.3 Å². The minimum Gasteiger partial charge on any atom is -0.365 e. The highest BCUT2D eigenvalue weighted by atomic mass is 32.1. The standard InChI is InChI=1S/C19H15F4N7O2S/c1-7-9(6-29(2)28-7)8-5-10(15(20)21)26-18-12(8)13(14(33-18)16(24)31)27-17(32)11-3-4-25-30(11)19(22)23/h3-6,15,19H,1-2H3,(H2,24,31)(H,27,32). The second kappa shape index (κ2) is 8.27. The van der Waals surface area contributed by atoms with E-state index in [0.717, 1.165) is 18.3 Å². The molecule has 4 heterocycles. The van der Waals surface area contributed by atoms with Gasteiger partial charge < -0.3 is 11.1 Å². The number of anilines is 1. The first-order valence-corrected chi connectivity index (χ1v) is 10.1. The smallest absolute Gasteiger partial charge is 0.333 e. The number of hydrogen-bond acceptors (Lipinski definition) is 6. The zero-order valence-corrected chi connectivity index (χ0v) is 17.8. The van der Waals surface area contributed by atoms with Gasteiger partial charge in [0.2, 0.25) is 0 Å². The van der Waals surface area contributed by atoms with Crippen LogP contribution in [0.2, 0.25) is 0 Å². The predicted molar refractivity (Wildman–Crippen MR) is 111 cm³/mol. The third-order valence-corrected chi connectivity index (χ3v) is 5.86. The van der Waals surface area contributed by atoms with E-state index >= 15 is 0 Å². The molecule has 0 aromatic carbocycles. The van der Waals surface area contributed by atoms with Gasteiger partial charge in [0.05, 0.1) is 11.4 Å². The molecule has 33 heavy (non-hydrogen) atoms. The van der Waals surface area contributed by atoms with Crippen molar-refractivity contribution in [2.75, 3.05) is 5.32 Å². The van der Waals surface area contributed by atoms with Crippen LogP contribution in [0.1, 0.15) is 44.5 Å². The van der Waals surface area contributed by atoms with Gasteiger partial charge in [-0.25, -0.2) is 13.8 Å². The summed E-state index contributed by atoms with van der Waals surface area (Å²) in [6.45, 7) is -1.43. The van der Waals surface area contributed by atoms with Crippen molar-refractivity contribution in [2.24, 2.45) is 12.8 Å². The summed E-state index contributed by atoms with van der Waals surface area (Å²) in [4.78, 5) is 28.7. The Kier molecular flexibility index (Phi) is 5.61. The van der Waals surface area contributed by atoms with Crippen molar-refractivity contribution in [3.05, 3.63) is 46.5 Å². The predicted octanol–water partition coefficient (Wildman–Crippen LogP) is 3.89. The number of aryl methyl sites for hydroxylation is 2. The molecule has 0 aliphatic carbocycles. The molecule has 0 saturated carbocycles. The molecule has 0 aliphatic rings. The van der Waals surface area contributed by atoms with Gasteiger partial charge in [-0.15, -0.1) is 11.3 Å². The van der Waals surface area contributed by atoms with Crippen LogP contribution >= 0.6 is 11.3 Å². The van der Waals surface area contributed by atoms with E-state index in [0.29, 0.717) is 22.6 Å². The number of fused-ring (bicyclic) bond motifs is 1. The number of hydrogen-bond donors (Lipinski definition) is 2. The van der Waals surface area contributed by atoms with Crippen LogP contribution in [0.5, 0.6) is 0 Å². The largest absolute Gasteiger partial charge is 0.365 e. The Morgan fingerprint density at radius 2 is 1.94 bits per heavy atom. The lowest BCUT2D eigenvalue weighted by Gasteiger charge is -2.11. The summed E-state index contributed by atoms with van der Waals surface area (Å²) in [7, 11) is 1.64. The molecule has 172 valence electrons. The van der Waals surface area contributed by atoms with E-state index in [1.165, 1.54) is 4.68 Å². The first-order valence-electron chi connectivity index (χ1n) is 9.27. The summed E-state index contributed by atoms with van der Waals surface area (Å²) in [5.41, 5.74) is 5.48. The molecule has 0 atom stereocenters. The SMILES string of the molecule is Cc1nn(C)cc1-c1cc(C(F)F)nc2sc(C(N)=O)c(NC(=O)c3ccnn3C(F)F)c12. The van der Waals surface area contributed by atoms with Crippen molar-refractivity contribution in [1.29, 1.82) is 0 Å². The molecule has 4 rings (SSSR count). The van der Waals surface area contributed by atoms with Gasteiger partial charge in [-0.1, -0.05) is 0 Å². The first kappa shape index (κ1) is 22.4. The molecule has 9 nitrogen and oxygen atoms in total. The number of carbonyl (C=O) groups excluding carboxylic acids is 2. The number of nitrogens with zero attached hydrogens (tertiary/aromatic N) is 5. The summed E-state index contributed by atoms with van der Waals surface area (Å²) in [5.74, 6) is -1.95. The number of rotatable bonds is 6. The van der Waals surface area contributed by atoms with E-state index in [1.54, 1.807) is 20.2 Å². The highest BCUT2D eigenvalue weighted by Crippen LogP contribution is 2.43. The van der Waals surface area contributed by atoms with Gasteiger partial charge in [-0.05, 0) is 24.6 Å². The molecule has 4 aromatic heterocycles. The van der Waals surface area contributed by atoms with Gasteiger partial charge in [0, 0.05) is 30.4 Å². The summed E-state index contributed by atoms with van der Waals surface area (Å²) < 4.78 is 55.1. The zero-order valence-electron chi connectivity index (χ0n) is 17.0. The summed E-state index contributed by atoms with van der Waals surface area (Å²) in [6.07, 6.45) is -0.316. The van der Waals surface area contributed by atoms with E-state index in [2.05, 4.69) is 20.5 Å². The number of alkyl halides is 4. The number of aromatic nitrogens is 5. The fourth-order valence-corrected chi connectivity index (χ4v) is 4.44. The number of pyridine rings is 1. The van der Waals surface area contributed by atoms with Crippen molar-refractivity contribution >= 4 is 39.1 Å². The topological polar surface area (TPSA) is 121 Å². The molecule has 0 radical (unpaired) electrons. The lowest BCUT2D eigenvalue weighted by Crippen LogP contribution is -2.20. The minimum atomic E-state index is -3.08. The zero-order chi connectivity index (χ0) is 24.0. The second-order valence-electron chi connectivity index (χ2n) is 6.94. The molecule has 0 saturated heterocycles. The Labute approximate surface area is 186 Å². The molecule has 14 heteroatoms. The highest BCUT2D eigenvalue weighted by Gasteiger charge is 2.27. The Hall–Kier alpha value is -3.81. The van der Waals surface area contributed by atoms with Gasteiger partial charge in [0.1, 0.15) is 21.1 Å². The quantitative estimate of drug-likeness (QED) is 0.405. The van der Waals surface area contributed by atoms with Crippen LogP contribution in [0.25, 0.3) is 21.3 Å². The van der Waals surface area contributed by atoms with Gasteiger partial charge in [0.25, 0.3) is 18.2 Å². The number of thiophene rings is 1. The lowest BCUT2D eigenvalue weighted by atomic mass is 10.0. The summed E-state index contributed by atoms with van der Waals surface area (Å²) in [5, 5.41) is 10.2. The van der Waals surface area contributed by atoms with Crippen molar-refractivity contribution in [1.82, 2.24) is 24.5 Å². The van der Waals surface area contributed by atoms with Gasteiger partial charge in [0.15, 0.2) is 0 Å². The van der Waals surface area contributed by atoms with E-state index in [9.17, 15) is 27.2 Å². The van der Waals surface area contributed by atoms with E-state index in [-0.39, 0.29) is 31.0 Å². The monoisotopic (exact) mass is 481 g/mol. The Morgan fingerprint density at radius 3 is 2.52 bits per heavy atom. The average molecular weight is 481 g/mol. The van der Waals surface area contributed by atoms with E-state index in [1.807, 2.05) is 0 Å². The maximum Gasteiger partial charge on any atom is 0.333 e. The highest BCUT2D eigenvalue weighted by molar-refractivity contribution is 7.21. The molecule has 3 N–H and O–H groups in total. The normalized spacial score (nSPS) is 11.6. The van der Waals surface area contributed by atoms with Crippen molar-refractivity contribution < 1.29 is 27.2 Å². The van der Waals surface area contributed by atoms with Crippen molar-refractivity contribution in [3.63, 3.8) is 0 Å². The lowest BCUT2D eigenvalue weighted by molar-refractivity contribution is 0.0520. The molecule has 0 bridgehead atoms. The Morgan fingerprint density at radius 1 is 1.21 bits per heavy atom. The van der Waals surface area contributed by atoms with Crippen LogP contribution < -0.4 is 11.1 Å². The maximum absolute atomic E-state index is 13.6. The first-order chi connectivity index (χ1) is 15.6. The Bertz CT molecular complexity index is 1390. The molecule has 2 amide bonds. The van der Waals surface area contributed by atoms with Crippen LogP contribution in [0, 0.1) is 6.92 Å². The van der Waals surface area contributed by atoms with E-state index in [4.69, 9.17) is 5.73 Å². The van der Waals surface area contributed by atoms with Gasteiger partial charge >= 0.3 is 6.55 Å². The fourth-order valence-electron chi connectivity index (χ4n) is 3.43. The summed E-state index contributed by atoms with van der Waals surface area (Å²) >= 11 is 0.703. The van der Waals surface area contributed by atoms with Crippen LogP contribution in [0.4, 0.5) is 23.2 Å². The van der Waals surface area contributed by atoms with Crippen molar-refractivity contribution in [2.45, 2.75) is 19.9 Å². The molecular weight excluding hydrogens is 466 g/mol. The molecule has 4 aromatic rings. The third-order valence-electron chi connectivity index (χ3n) is 4.76. The number of primary amides is 1. The van der Waals surface area contributed by atoms with Crippen LogP contribution in [0.3, 0.4) is 0 Å². The fraction of sp³-hybridized carbons (Fsp3) is 0.211. The van der Waals surface area contributed by atoms with Crippen LogP contribution in [0.15, 0.2) is 24.5 Å². The number of nitrogens with one attached hydrogen (secondary N) is 1. The van der Waals surface area contributed by atoms with Crippen LogP contribution in [-0.2, 0) is 7.05 Å². The molecule has 0 aliphatic heterocycles. The number of amides is 2. The number of carbonyl (C=O) groups is 2. The Balaban J connectivity index is 1.97.